The fourth-order valence-corrected chi connectivity index (χ4v) is 2.34. The van der Waals surface area contributed by atoms with E-state index in [9.17, 15) is 9.59 Å². The highest BCUT2D eigenvalue weighted by molar-refractivity contribution is 5.76. The average molecular weight is 295 g/mol. The topological polar surface area (TPSA) is 77.6 Å². The van der Waals surface area contributed by atoms with Crippen molar-refractivity contribution in [3.63, 3.8) is 0 Å². The lowest BCUT2D eigenvalue weighted by atomic mass is 10.1. The zero-order chi connectivity index (χ0) is 15.8. The van der Waals surface area contributed by atoms with E-state index in [1.165, 1.54) is 22.9 Å². The van der Waals surface area contributed by atoms with Crippen molar-refractivity contribution < 1.29 is 9.53 Å². The van der Waals surface area contributed by atoms with E-state index in [4.69, 9.17) is 10.5 Å². The van der Waals surface area contributed by atoms with Gasteiger partial charge in [-0.2, -0.15) is 0 Å². The number of ether oxygens (including phenoxy) is 1. The standard InChI is InChI=1S/C15H25N3O3/c1-4-13(5-2)18(8-9-21-3)15(20)11-17-10-12(16)6-7-14(17)19/h6-7,10,13H,4-5,8-9,11,16H2,1-3H3. The minimum Gasteiger partial charge on any atom is -0.398 e. The van der Waals surface area contributed by atoms with Crippen molar-refractivity contribution in [3.8, 4) is 0 Å². The Balaban J connectivity index is 2.89. The molecule has 0 radical (unpaired) electrons. The van der Waals surface area contributed by atoms with Gasteiger partial charge in [-0.3, -0.25) is 9.59 Å². The largest absolute Gasteiger partial charge is 0.398 e. The van der Waals surface area contributed by atoms with E-state index in [0.29, 0.717) is 18.8 Å². The molecular weight excluding hydrogens is 270 g/mol. The van der Waals surface area contributed by atoms with Crippen molar-refractivity contribution in [2.45, 2.75) is 39.3 Å². The second-order valence-corrected chi connectivity index (χ2v) is 4.98. The van der Waals surface area contributed by atoms with Crippen molar-refractivity contribution in [1.29, 1.82) is 0 Å². The third-order valence-electron chi connectivity index (χ3n) is 3.55. The molecule has 0 aliphatic heterocycles. The average Bonchev–Trinajstić information content (AvgIpc) is 2.47. The molecule has 0 aliphatic carbocycles. The number of carbonyl (C=O) groups excluding carboxylic acids is 1. The second-order valence-electron chi connectivity index (χ2n) is 4.98. The predicted octanol–water partition coefficient (Wildman–Crippen LogP) is 1.09. The zero-order valence-electron chi connectivity index (χ0n) is 13.0. The smallest absolute Gasteiger partial charge is 0.251 e. The molecule has 0 saturated heterocycles. The molecule has 118 valence electrons. The van der Waals surface area contributed by atoms with Crippen molar-refractivity contribution in [2.24, 2.45) is 0 Å². The molecule has 0 unspecified atom stereocenters. The number of nitrogens with two attached hydrogens (primary N) is 1. The summed E-state index contributed by atoms with van der Waals surface area (Å²) in [4.78, 5) is 26.1. The predicted molar refractivity (Wildman–Crippen MR) is 83.1 cm³/mol. The van der Waals surface area contributed by atoms with Crippen molar-refractivity contribution >= 4 is 11.6 Å². The van der Waals surface area contributed by atoms with Gasteiger partial charge in [-0.25, -0.2) is 0 Å². The molecule has 0 fully saturated rings. The van der Waals surface area contributed by atoms with Crippen LogP contribution in [0.4, 0.5) is 5.69 Å². The second kappa shape index (κ2) is 8.46. The summed E-state index contributed by atoms with van der Waals surface area (Å²) in [5.41, 5.74) is 5.91. The van der Waals surface area contributed by atoms with E-state index in [-0.39, 0.29) is 24.1 Å². The van der Waals surface area contributed by atoms with E-state index in [2.05, 4.69) is 0 Å². The molecule has 1 rings (SSSR count). The van der Waals surface area contributed by atoms with Gasteiger partial charge in [-0.1, -0.05) is 13.8 Å². The van der Waals surface area contributed by atoms with E-state index in [1.807, 2.05) is 13.8 Å². The molecule has 0 aromatic carbocycles. The number of hydrogen-bond acceptors (Lipinski definition) is 4. The van der Waals surface area contributed by atoms with Crippen LogP contribution in [0.15, 0.2) is 23.1 Å². The summed E-state index contributed by atoms with van der Waals surface area (Å²) in [5.74, 6) is -0.0894. The van der Waals surface area contributed by atoms with Gasteiger partial charge in [-0.15, -0.1) is 0 Å². The van der Waals surface area contributed by atoms with Crippen LogP contribution in [0.1, 0.15) is 26.7 Å². The molecule has 2 N–H and O–H groups in total. The van der Waals surface area contributed by atoms with Crippen LogP contribution in [-0.4, -0.2) is 41.7 Å². The van der Waals surface area contributed by atoms with E-state index >= 15 is 0 Å². The Kier molecular flexibility index (Phi) is 6.94. The van der Waals surface area contributed by atoms with Crippen molar-refractivity contribution in [1.82, 2.24) is 9.47 Å². The monoisotopic (exact) mass is 295 g/mol. The Labute approximate surface area is 125 Å². The minimum absolute atomic E-state index is 0.00406. The first-order valence-electron chi connectivity index (χ1n) is 7.27. The molecule has 0 atom stereocenters. The first-order chi connectivity index (χ1) is 10.0. The number of carbonyl (C=O) groups is 1. The summed E-state index contributed by atoms with van der Waals surface area (Å²) in [7, 11) is 1.61. The highest BCUT2D eigenvalue weighted by Crippen LogP contribution is 2.10. The van der Waals surface area contributed by atoms with Gasteiger partial charge in [-0.05, 0) is 18.9 Å². The van der Waals surface area contributed by atoms with Crippen LogP contribution in [0.3, 0.4) is 0 Å². The van der Waals surface area contributed by atoms with Crippen LogP contribution in [-0.2, 0) is 16.1 Å². The lowest BCUT2D eigenvalue weighted by Gasteiger charge is -2.30. The number of amides is 1. The van der Waals surface area contributed by atoms with Crippen LogP contribution in [0.5, 0.6) is 0 Å². The summed E-state index contributed by atoms with van der Waals surface area (Å²) in [6, 6.07) is 3.07. The van der Waals surface area contributed by atoms with E-state index < -0.39 is 0 Å². The molecule has 0 aliphatic rings. The zero-order valence-corrected chi connectivity index (χ0v) is 13.0. The van der Waals surface area contributed by atoms with Crippen LogP contribution in [0.25, 0.3) is 0 Å². The molecule has 6 nitrogen and oxygen atoms in total. The summed E-state index contributed by atoms with van der Waals surface area (Å²) in [6.45, 7) is 5.11. The maximum absolute atomic E-state index is 12.5. The fraction of sp³-hybridized carbons (Fsp3) is 0.600. The molecule has 1 amide bonds. The van der Waals surface area contributed by atoms with Crippen molar-refractivity contribution in [3.05, 3.63) is 28.7 Å². The number of methoxy groups -OCH3 is 1. The van der Waals surface area contributed by atoms with Crippen LogP contribution in [0.2, 0.25) is 0 Å². The van der Waals surface area contributed by atoms with Crippen molar-refractivity contribution in [2.75, 3.05) is 26.0 Å². The number of nitrogens with zero attached hydrogens (tertiary/aromatic N) is 2. The first-order valence-corrected chi connectivity index (χ1v) is 7.27. The first kappa shape index (κ1) is 17.2. The Morgan fingerprint density at radius 2 is 2.05 bits per heavy atom. The third-order valence-corrected chi connectivity index (χ3v) is 3.55. The van der Waals surface area contributed by atoms with Gasteiger partial charge >= 0.3 is 0 Å². The van der Waals surface area contributed by atoms with E-state index in [1.54, 1.807) is 12.0 Å². The molecule has 6 heteroatoms. The van der Waals surface area contributed by atoms with E-state index in [0.717, 1.165) is 12.8 Å². The van der Waals surface area contributed by atoms with Gasteiger partial charge in [0.25, 0.3) is 5.56 Å². The quantitative estimate of drug-likeness (QED) is 0.779. The number of nitrogen functional groups attached to an aromatic ring is 1. The normalized spacial score (nSPS) is 10.9. The Morgan fingerprint density at radius 3 is 2.62 bits per heavy atom. The molecule has 1 aromatic rings. The summed E-state index contributed by atoms with van der Waals surface area (Å²) >= 11 is 0. The van der Waals surface area contributed by atoms with Crippen LogP contribution >= 0.6 is 0 Å². The molecular formula is C15H25N3O3. The van der Waals surface area contributed by atoms with Gasteiger partial charge in [0.2, 0.25) is 5.91 Å². The van der Waals surface area contributed by atoms with Gasteiger partial charge in [0, 0.05) is 37.6 Å². The maximum atomic E-state index is 12.5. The SMILES string of the molecule is CCC(CC)N(CCOC)C(=O)Cn1cc(N)ccc1=O. The molecule has 1 aromatic heterocycles. The number of pyridine rings is 1. The van der Waals surface area contributed by atoms with Gasteiger partial charge in [0.05, 0.1) is 6.61 Å². The minimum atomic E-state index is -0.228. The number of aromatic nitrogens is 1. The lowest BCUT2D eigenvalue weighted by molar-refractivity contribution is -0.135. The molecule has 1 heterocycles. The maximum Gasteiger partial charge on any atom is 0.251 e. The van der Waals surface area contributed by atoms with Gasteiger partial charge < -0.3 is 19.9 Å². The number of hydrogen-bond donors (Lipinski definition) is 1. The van der Waals surface area contributed by atoms with Gasteiger partial charge in [0.15, 0.2) is 0 Å². The molecule has 0 saturated carbocycles. The Hall–Kier alpha value is -1.82. The number of anilines is 1. The van der Waals surface area contributed by atoms with Crippen LogP contribution < -0.4 is 11.3 Å². The summed E-state index contributed by atoms with van der Waals surface area (Å²) in [5, 5.41) is 0. The summed E-state index contributed by atoms with van der Waals surface area (Å²) < 4.78 is 6.42. The fourth-order valence-electron chi connectivity index (χ4n) is 2.34. The molecule has 0 bridgehead atoms. The third kappa shape index (κ3) is 4.90. The lowest BCUT2D eigenvalue weighted by Crippen LogP contribution is -2.44. The highest BCUT2D eigenvalue weighted by atomic mass is 16.5. The Morgan fingerprint density at radius 1 is 1.38 bits per heavy atom. The van der Waals surface area contributed by atoms with Gasteiger partial charge in [0.1, 0.15) is 6.54 Å². The number of rotatable bonds is 8. The molecule has 0 spiro atoms. The molecule has 21 heavy (non-hydrogen) atoms. The highest BCUT2D eigenvalue weighted by Gasteiger charge is 2.21. The summed E-state index contributed by atoms with van der Waals surface area (Å²) in [6.07, 6.45) is 3.25. The Bertz CT molecular complexity index is 509. The van der Waals surface area contributed by atoms with Crippen LogP contribution in [0, 0.1) is 0 Å².